The first-order valence-corrected chi connectivity index (χ1v) is 7.33. The van der Waals surface area contributed by atoms with E-state index in [4.69, 9.17) is 11.6 Å². The fraction of sp³-hybridized carbons (Fsp3) is 0.267. The van der Waals surface area contributed by atoms with Crippen molar-refractivity contribution in [1.29, 1.82) is 0 Å². The number of rotatable bonds is 6. The molecule has 3 N–H and O–H groups in total. The molecule has 0 bridgehead atoms. The number of nitrogens with one attached hydrogen (secondary N) is 2. The summed E-state index contributed by atoms with van der Waals surface area (Å²) in [6.07, 6.45) is 1.70. The zero-order valence-electron chi connectivity index (χ0n) is 12.5. The summed E-state index contributed by atoms with van der Waals surface area (Å²) in [5, 5.41) is 19.5. The molecule has 2 amide bonds. The molecule has 0 unspecified atom stereocenters. The van der Waals surface area contributed by atoms with Gasteiger partial charge < -0.3 is 15.7 Å². The molecule has 122 valence electrons. The van der Waals surface area contributed by atoms with Gasteiger partial charge >= 0.3 is 0 Å². The SMILES string of the molecule is Cn1cc([C@@H](O)C(=O)NCCNC(=O)c2ccc(Cl)cc2)cn1. The van der Waals surface area contributed by atoms with Gasteiger partial charge in [0, 0.05) is 42.5 Å². The van der Waals surface area contributed by atoms with Crippen LogP contribution in [-0.2, 0) is 11.8 Å². The number of aryl methyl sites for hydroxylation is 1. The average Bonchev–Trinajstić information content (AvgIpc) is 2.97. The molecular weight excluding hydrogens is 320 g/mol. The van der Waals surface area contributed by atoms with E-state index in [-0.39, 0.29) is 19.0 Å². The van der Waals surface area contributed by atoms with Crippen LogP contribution in [0.5, 0.6) is 0 Å². The number of hydrogen-bond donors (Lipinski definition) is 3. The van der Waals surface area contributed by atoms with Crippen LogP contribution in [0.25, 0.3) is 0 Å². The van der Waals surface area contributed by atoms with Crippen molar-refractivity contribution in [3.8, 4) is 0 Å². The molecular formula is C15H17ClN4O3. The van der Waals surface area contributed by atoms with Gasteiger partial charge in [0.25, 0.3) is 11.8 Å². The van der Waals surface area contributed by atoms with Gasteiger partial charge in [0.15, 0.2) is 6.10 Å². The number of hydrogen-bond acceptors (Lipinski definition) is 4. The van der Waals surface area contributed by atoms with Gasteiger partial charge in [-0.2, -0.15) is 5.10 Å². The van der Waals surface area contributed by atoms with E-state index in [0.29, 0.717) is 16.1 Å². The van der Waals surface area contributed by atoms with Gasteiger partial charge in [-0.05, 0) is 24.3 Å². The van der Waals surface area contributed by atoms with E-state index in [1.54, 1.807) is 37.5 Å². The van der Waals surface area contributed by atoms with Gasteiger partial charge in [-0.3, -0.25) is 14.3 Å². The summed E-state index contributed by atoms with van der Waals surface area (Å²) < 4.78 is 1.50. The first-order valence-electron chi connectivity index (χ1n) is 6.95. The molecule has 8 heteroatoms. The molecule has 1 aromatic heterocycles. The van der Waals surface area contributed by atoms with Crippen LogP contribution in [0.4, 0.5) is 0 Å². The summed E-state index contributed by atoms with van der Waals surface area (Å²) >= 11 is 5.75. The van der Waals surface area contributed by atoms with Crippen molar-refractivity contribution in [3.63, 3.8) is 0 Å². The third-order valence-electron chi connectivity index (χ3n) is 3.11. The Hall–Kier alpha value is -2.38. The maximum atomic E-state index is 11.8. The molecule has 23 heavy (non-hydrogen) atoms. The largest absolute Gasteiger partial charge is 0.378 e. The zero-order chi connectivity index (χ0) is 16.8. The number of nitrogens with zero attached hydrogens (tertiary/aromatic N) is 2. The number of aliphatic hydroxyl groups is 1. The highest BCUT2D eigenvalue weighted by atomic mass is 35.5. The Morgan fingerprint density at radius 1 is 1.26 bits per heavy atom. The number of aliphatic hydroxyl groups excluding tert-OH is 1. The fourth-order valence-corrected chi connectivity index (χ4v) is 2.02. The van der Waals surface area contributed by atoms with Crippen molar-refractivity contribution >= 4 is 23.4 Å². The Labute approximate surface area is 138 Å². The minimum absolute atomic E-state index is 0.204. The minimum Gasteiger partial charge on any atom is -0.378 e. The van der Waals surface area contributed by atoms with Gasteiger partial charge in [-0.25, -0.2) is 0 Å². The number of amides is 2. The van der Waals surface area contributed by atoms with Gasteiger partial charge in [0.05, 0.1) is 6.20 Å². The Balaban J connectivity index is 1.73. The fourth-order valence-electron chi connectivity index (χ4n) is 1.89. The molecule has 2 rings (SSSR count). The Morgan fingerprint density at radius 2 is 1.91 bits per heavy atom. The molecule has 0 saturated carbocycles. The molecule has 0 fully saturated rings. The standard InChI is InChI=1S/C15H17ClN4O3/c1-20-9-11(8-19-20)13(21)15(23)18-7-6-17-14(22)10-2-4-12(16)5-3-10/h2-5,8-9,13,21H,6-7H2,1H3,(H,17,22)(H,18,23)/t13-/m1/s1. The number of halogens is 1. The van der Waals surface area contributed by atoms with Crippen LogP contribution in [0, 0.1) is 0 Å². The van der Waals surface area contributed by atoms with Crippen LogP contribution in [0.1, 0.15) is 22.0 Å². The Morgan fingerprint density at radius 3 is 2.52 bits per heavy atom. The van der Waals surface area contributed by atoms with Gasteiger partial charge in [-0.15, -0.1) is 0 Å². The quantitative estimate of drug-likeness (QED) is 0.675. The van der Waals surface area contributed by atoms with E-state index in [0.717, 1.165) is 0 Å². The lowest BCUT2D eigenvalue weighted by molar-refractivity contribution is -0.129. The number of benzene rings is 1. The van der Waals surface area contributed by atoms with Crippen LogP contribution < -0.4 is 10.6 Å². The highest BCUT2D eigenvalue weighted by molar-refractivity contribution is 6.30. The second-order valence-corrected chi connectivity index (χ2v) is 5.34. The molecule has 1 aromatic carbocycles. The lowest BCUT2D eigenvalue weighted by Crippen LogP contribution is -2.36. The Bertz CT molecular complexity index is 684. The maximum Gasteiger partial charge on any atom is 0.253 e. The third-order valence-corrected chi connectivity index (χ3v) is 3.36. The lowest BCUT2D eigenvalue weighted by Gasteiger charge is -2.10. The highest BCUT2D eigenvalue weighted by Crippen LogP contribution is 2.11. The summed E-state index contributed by atoms with van der Waals surface area (Å²) in [5.41, 5.74) is 0.895. The average molecular weight is 337 g/mol. The highest BCUT2D eigenvalue weighted by Gasteiger charge is 2.18. The number of carbonyl (C=O) groups is 2. The van der Waals surface area contributed by atoms with Crippen molar-refractivity contribution in [3.05, 3.63) is 52.8 Å². The smallest absolute Gasteiger partial charge is 0.253 e. The molecule has 0 radical (unpaired) electrons. The molecule has 1 heterocycles. The summed E-state index contributed by atoms with van der Waals surface area (Å²) in [4.78, 5) is 23.6. The molecule has 0 aliphatic heterocycles. The number of carbonyl (C=O) groups excluding carboxylic acids is 2. The van der Waals surface area contributed by atoms with Crippen molar-refractivity contribution in [2.45, 2.75) is 6.10 Å². The monoisotopic (exact) mass is 336 g/mol. The van der Waals surface area contributed by atoms with Crippen molar-refractivity contribution in [2.24, 2.45) is 7.05 Å². The van der Waals surface area contributed by atoms with E-state index in [1.807, 2.05) is 0 Å². The van der Waals surface area contributed by atoms with Crippen molar-refractivity contribution in [2.75, 3.05) is 13.1 Å². The van der Waals surface area contributed by atoms with E-state index in [1.165, 1.54) is 10.9 Å². The van der Waals surface area contributed by atoms with Crippen molar-refractivity contribution < 1.29 is 14.7 Å². The van der Waals surface area contributed by atoms with Gasteiger partial charge in [0.1, 0.15) is 0 Å². The summed E-state index contributed by atoms with van der Waals surface area (Å²) in [7, 11) is 1.69. The molecule has 0 saturated heterocycles. The molecule has 0 spiro atoms. The third kappa shape index (κ3) is 4.80. The van der Waals surface area contributed by atoms with Crippen LogP contribution in [0.3, 0.4) is 0 Å². The summed E-state index contributed by atoms with van der Waals surface area (Å²) in [6.45, 7) is 0.447. The molecule has 0 aliphatic carbocycles. The summed E-state index contributed by atoms with van der Waals surface area (Å²) in [6, 6.07) is 6.48. The first-order chi connectivity index (χ1) is 11.0. The molecule has 0 aliphatic rings. The second-order valence-electron chi connectivity index (χ2n) is 4.90. The van der Waals surface area contributed by atoms with Crippen molar-refractivity contribution in [1.82, 2.24) is 20.4 Å². The van der Waals surface area contributed by atoms with E-state index < -0.39 is 12.0 Å². The maximum absolute atomic E-state index is 11.8. The lowest BCUT2D eigenvalue weighted by atomic mass is 10.2. The van der Waals surface area contributed by atoms with E-state index in [2.05, 4.69) is 15.7 Å². The second kappa shape index (κ2) is 7.75. The van der Waals surface area contributed by atoms with Gasteiger partial charge in [0.2, 0.25) is 0 Å². The summed E-state index contributed by atoms with van der Waals surface area (Å²) in [5.74, 6) is -0.803. The number of aromatic nitrogens is 2. The van der Waals surface area contributed by atoms with Crippen LogP contribution in [0.2, 0.25) is 5.02 Å². The van der Waals surface area contributed by atoms with Crippen LogP contribution in [0.15, 0.2) is 36.7 Å². The van der Waals surface area contributed by atoms with E-state index in [9.17, 15) is 14.7 Å². The molecule has 1 atom stereocenters. The van der Waals surface area contributed by atoms with E-state index >= 15 is 0 Å². The topological polar surface area (TPSA) is 96.3 Å². The molecule has 7 nitrogen and oxygen atoms in total. The van der Waals surface area contributed by atoms with Crippen LogP contribution >= 0.6 is 11.6 Å². The predicted molar refractivity (Wildman–Crippen MR) is 85.0 cm³/mol. The Kier molecular flexibility index (Phi) is 5.72. The molecule has 2 aromatic rings. The minimum atomic E-state index is -1.28. The zero-order valence-corrected chi connectivity index (χ0v) is 13.2. The first kappa shape index (κ1) is 17.0. The normalized spacial score (nSPS) is 11.8. The van der Waals surface area contributed by atoms with Gasteiger partial charge in [-0.1, -0.05) is 11.6 Å². The predicted octanol–water partition coefficient (Wildman–Crippen LogP) is 0.653. The van der Waals surface area contributed by atoms with Crippen LogP contribution in [-0.4, -0.2) is 39.8 Å².